The molecule has 0 aliphatic heterocycles. The summed E-state index contributed by atoms with van der Waals surface area (Å²) in [5.41, 5.74) is 0. The lowest BCUT2D eigenvalue weighted by molar-refractivity contribution is 0.548. The molecule has 2 heteroatoms. The Morgan fingerprint density at radius 1 is 0.579 bits per heavy atom. The number of rotatable bonds is 12. The van der Waals surface area contributed by atoms with Gasteiger partial charge in [-0.2, -0.15) is 0 Å². The zero-order valence-electron chi connectivity index (χ0n) is 14.1. The minimum Gasteiger partial charge on any atom is -0.327 e. The zero-order valence-corrected chi connectivity index (χ0v) is 15.1. The first-order chi connectivity index (χ1) is 9.18. The molecule has 1 unspecified atom stereocenters. The van der Waals surface area contributed by atoms with Crippen LogP contribution in [-0.2, 0) is 4.57 Å². The number of unbranched alkanes of at least 4 members (excludes halogenated alkanes) is 11. The lowest BCUT2D eigenvalue weighted by Crippen LogP contribution is -1.81. The molecule has 0 saturated heterocycles. The highest BCUT2D eigenvalue weighted by Gasteiger charge is 1.91. The fourth-order valence-corrected chi connectivity index (χ4v) is 1.91. The molecule has 0 bridgehead atoms. The monoisotopic (exact) mass is 290 g/mol. The Bertz CT molecular complexity index is 157. The Labute approximate surface area is 123 Å². The van der Waals surface area contributed by atoms with Crippen molar-refractivity contribution in [3.63, 3.8) is 0 Å². The van der Waals surface area contributed by atoms with Gasteiger partial charge in [-0.25, -0.2) is 0 Å². The summed E-state index contributed by atoms with van der Waals surface area (Å²) in [4.78, 5) is 0. The van der Waals surface area contributed by atoms with Crippen molar-refractivity contribution in [3.05, 3.63) is 0 Å². The largest absolute Gasteiger partial charge is 0.327 e. The molecule has 19 heavy (non-hydrogen) atoms. The molecule has 0 saturated carbocycles. The molecule has 0 radical (unpaired) electrons. The van der Waals surface area contributed by atoms with Gasteiger partial charge in [0.05, 0.1) is 7.80 Å². The Kier molecular flexibility index (Phi) is 23.3. The molecule has 118 valence electrons. The molecule has 0 amide bonds. The third kappa shape index (κ3) is 27.4. The standard InChI is InChI=1S/C14H30.C3H9OP/c1-3-5-7-9-11-13-14-12-10-8-6-4-2;1-3-5(2)4/h3-14H2,1-2H3;5H,3H2,1-2H3. The van der Waals surface area contributed by atoms with Gasteiger partial charge in [-0.3, -0.25) is 0 Å². The molecule has 0 spiro atoms. The van der Waals surface area contributed by atoms with Crippen LogP contribution in [0.25, 0.3) is 0 Å². The third-order valence-electron chi connectivity index (χ3n) is 3.45. The van der Waals surface area contributed by atoms with E-state index in [2.05, 4.69) is 13.8 Å². The maximum Gasteiger partial charge on any atom is 0.0730 e. The molecule has 0 aliphatic carbocycles. The van der Waals surface area contributed by atoms with Gasteiger partial charge < -0.3 is 4.57 Å². The minimum atomic E-state index is -1.12. The number of hydrogen-bond donors (Lipinski definition) is 0. The third-order valence-corrected chi connectivity index (χ3v) is 4.45. The van der Waals surface area contributed by atoms with Gasteiger partial charge in [0.25, 0.3) is 0 Å². The zero-order chi connectivity index (χ0) is 14.8. The van der Waals surface area contributed by atoms with E-state index >= 15 is 0 Å². The maximum absolute atomic E-state index is 10.00. The van der Waals surface area contributed by atoms with Crippen LogP contribution in [0.1, 0.15) is 97.8 Å². The molecule has 0 rings (SSSR count). The van der Waals surface area contributed by atoms with Crippen molar-refractivity contribution in [2.45, 2.75) is 97.8 Å². The summed E-state index contributed by atoms with van der Waals surface area (Å²) in [5.74, 6) is 0. The second-order valence-corrected chi connectivity index (χ2v) is 7.70. The molecular weight excluding hydrogens is 251 g/mol. The van der Waals surface area contributed by atoms with Crippen molar-refractivity contribution in [1.82, 2.24) is 0 Å². The summed E-state index contributed by atoms with van der Waals surface area (Å²) in [6, 6.07) is 0. The van der Waals surface area contributed by atoms with Crippen LogP contribution in [0.4, 0.5) is 0 Å². The highest BCUT2D eigenvalue weighted by molar-refractivity contribution is 7.43. The first kappa shape index (κ1) is 21.5. The molecule has 1 nitrogen and oxygen atoms in total. The van der Waals surface area contributed by atoms with Crippen LogP contribution in [0, 0.1) is 0 Å². The van der Waals surface area contributed by atoms with Crippen molar-refractivity contribution in [2.24, 2.45) is 0 Å². The highest BCUT2D eigenvalue weighted by Crippen LogP contribution is 2.11. The van der Waals surface area contributed by atoms with Gasteiger partial charge in [-0.15, -0.1) is 0 Å². The van der Waals surface area contributed by atoms with Gasteiger partial charge in [0.1, 0.15) is 0 Å². The van der Waals surface area contributed by atoms with Crippen LogP contribution in [0.15, 0.2) is 0 Å². The van der Waals surface area contributed by atoms with Crippen LogP contribution >= 0.6 is 7.80 Å². The smallest absolute Gasteiger partial charge is 0.0730 e. The molecule has 1 atom stereocenters. The Morgan fingerprint density at radius 3 is 0.947 bits per heavy atom. The summed E-state index contributed by atoms with van der Waals surface area (Å²) < 4.78 is 10.00. The predicted octanol–water partition coefficient (Wildman–Crippen LogP) is 6.90. The molecule has 0 aromatic heterocycles. The van der Waals surface area contributed by atoms with Crippen LogP contribution in [0.5, 0.6) is 0 Å². The van der Waals surface area contributed by atoms with Gasteiger partial charge in [-0.05, 0) is 12.8 Å². The van der Waals surface area contributed by atoms with Crippen LogP contribution in [-0.4, -0.2) is 12.8 Å². The molecule has 0 N–H and O–H groups in total. The molecule has 0 aromatic rings. The van der Waals surface area contributed by atoms with Crippen LogP contribution in [0.3, 0.4) is 0 Å². The van der Waals surface area contributed by atoms with Crippen molar-refractivity contribution in [2.75, 3.05) is 12.8 Å². The van der Waals surface area contributed by atoms with E-state index in [9.17, 15) is 4.57 Å². The van der Waals surface area contributed by atoms with Gasteiger partial charge in [0.2, 0.25) is 0 Å². The van der Waals surface area contributed by atoms with Crippen molar-refractivity contribution < 1.29 is 4.57 Å². The van der Waals surface area contributed by atoms with Gasteiger partial charge in [0, 0.05) is 0 Å². The molecule has 0 aromatic carbocycles. The van der Waals surface area contributed by atoms with E-state index in [0.717, 1.165) is 6.16 Å². The van der Waals surface area contributed by atoms with E-state index in [0.29, 0.717) is 0 Å². The summed E-state index contributed by atoms with van der Waals surface area (Å²) in [6.45, 7) is 8.27. The lowest BCUT2D eigenvalue weighted by atomic mass is 10.1. The van der Waals surface area contributed by atoms with Crippen molar-refractivity contribution in [1.29, 1.82) is 0 Å². The summed E-state index contributed by atoms with van der Waals surface area (Å²) in [7, 11) is -1.12. The molecule has 0 fully saturated rings. The van der Waals surface area contributed by atoms with E-state index in [4.69, 9.17) is 0 Å². The van der Waals surface area contributed by atoms with Gasteiger partial charge >= 0.3 is 0 Å². The van der Waals surface area contributed by atoms with E-state index in [1.807, 2.05) is 6.92 Å². The predicted molar refractivity (Wildman–Crippen MR) is 92.2 cm³/mol. The minimum absolute atomic E-state index is 0.852. The first-order valence-electron chi connectivity index (χ1n) is 8.68. The Balaban J connectivity index is 0. The van der Waals surface area contributed by atoms with E-state index in [-0.39, 0.29) is 0 Å². The summed E-state index contributed by atoms with van der Waals surface area (Å²) in [6.07, 6.45) is 18.3. The maximum atomic E-state index is 10.00. The van der Waals surface area contributed by atoms with Gasteiger partial charge in [0.15, 0.2) is 0 Å². The second kappa shape index (κ2) is 20.5. The SMILES string of the molecule is CCCCCCCCCCCCCC.CC[PH](C)=O. The average Bonchev–Trinajstić information content (AvgIpc) is 2.41. The molecule has 0 heterocycles. The summed E-state index contributed by atoms with van der Waals surface area (Å²) >= 11 is 0. The van der Waals surface area contributed by atoms with Crippen molar-refractivity contribution >= 4 is 7.80 Å². The van der Waals surface area contributed by atoms with E-state index < -0.39 is 7.80 Å². The van der Waals surface area contributed by atoms with Crippen LogP contribution < -0.4 is 0 Å². The molecular formula is C17H39OP. The van der Waals surface area contributed by atoms with E-state index in [1.54, 1.807) is 6.66 Å². The average molecular weight is 290 g/mol. The highest BCUT2D eigenvalue weighted by atomic mass is 31.1. The first-order valence-corrected chi connectivity index (χ1v) is 10.8. The molecule has 0 aliphatic rings. The normalized spacial score (nSPS) is 11.8. The Morgan fingerprint density at radius 2 is 0.789 bits per heavy atom. The fourth-order valence-electron chi connectivity index (χ4n) is 1.91. The topological polar surface area (TPSA) is 17.1 Å². The van der Waals surface area contributed by atoms with E-state index in [1.165, 1.54) is 77.0 Å². The second-order valence-electron chi connectivity index (χ2n) is 5.59. The van der Waals surface area contributed by atoms with Gasteiger partial charge in [-0.1, -0.05) is 97.8 Å². The quantitative estimate of drug-likeness (QED) is 0.282. The summed E-state index contributed by atoms with van der Waals surface area (Å²) in [5, 5.41) is 0. The fraction of sp³-hybridized carbons (Fsp3) is 1.00. The van der Waals surface area contributed by atoms with Crippen molar-refractivity contribution in [3.8, 4) is 0 Å². The number of hydrogen-bond acceptors (Lipinski definition) is 1. The Hall–Kier alpha value is 0.230. The lowest BCUT2D eigenvalue weighted by Gasteiger charge is -2.01. The van der Waals surface area contributed by atoms with Crippen LogP contribution in [0.2, 0.25) is 0 Å².